The smallest absolute Gasteiger partial charge is 0.269 e. The van der Waals surface area contributed by atoms with E-state index in [4.69, 9.17) is 4.74 Å². The normalized spacial score (nSPS) is 12.6. The monoisotopic (exact) mass is 397 g/mol. The summed E-state index contributed by atoms with van der Waals surface area (Å²) in [6.07, 6.45) is 0.680. The van der Waals surface area contributed by atoms with Gasteiger partial charge in [0.05, 0.1) is 21.3 Å². The average Bonchev–Trinajstić information content (AvgIpc) is 2.62. The van der Waals surface area contributed by atoms with E-state index in [1.807, 2.05) is 0 Å². The molecule has 138 valence electrons. The Morgan fingerprint density at radius 1 is 0.962 bits per heavy atom. The van der Waals surface area contributed by atoms with Gasteiger partial charge in [-0.2, -0.15) is 0 Å². The maximum absolute atomic E-state index is 12.8. The molecule has 0 bridgehead atoms. The Balaban J connectivity index is 2.61. The van der Waals surface area contributed by atoms with Crippen molar-refractivity contribution in [2.75, 3.05) is 6.61 Å². The summed E-state index contributed by atoms with van der Waals surface area (Å²) in [6, 6.07) is 11.0. The van der Waals surface area contributed by atoms with Crippen LogP contribution in [0.3, 0.4) is 0 Å². The summed E-state index contributed by atoms with van der Waals surface area (Å²) in [4.78, 5) is 9.42. The fourth-order valence-corrected chi connectivity index (χ4v) is 5.60. The average molecular weight is 397 g/mol. The molecule has 0 aliphatic rings. The number of hydrogen-bond donors (Lipinski definition) is 0. The molecule has 0 saturated carbocycles. The van der Waals surface area contributed by atoms with Gasteiger partial charge in [0.2, 0.25) is 23.9 Å². The molecule has 0 atom stereocenters. The first kappa shape index (κ1) is 19.6. The first-order valence-corrected chi connectivity index (χ1v) is 10.3. The second kappa shape index (κ2) is 7.67. The molecule has 0 aliphatic heterocycles. The Bertz CT molecular complexity index is 1030. The minimum Gasteiger partial charge on any atom is -0.499 e. The van der Waals surface area contributed by atoms with Gasteiger partial charge in [0.1, 0.15) is 6.26 Å². The van der Waals surface area contributed by atoms with E-state index >= 15 is 0 Å². The van der Waals surface area contributed by atoms with Gasteiger partial charge in [-0.1, -0.05) is 18.2 Å². The standard InChI is InChI=1S/C16H15NO7S2/c1-2-24-12-16(25(20,21)14-6-4-3-5-7-14)26(22,23)15-10-8-13(9-11-15)17(18)19/h3-12H,2H2,1H3. The third-order valence-corrected chi connectivity index (χ3v) is 7.64. The number of hydrogen-bond acceptors (Lipinski definition) is 7. The highest BCUT2D eigenvalue weighted by Crippen LogP contribution is 2.30. The van der Waals surface area contributed by atoms with Crippen LogP contribution < -0.4 is 0 Å². The van der Waals surface area contributed by atoms with E-state index in [2.05, 4.69) is 0 Å². The zero-order valence-corrected chi connectivity index (χ0v) is 15.2. The molecule has 2 rings (SSSR count). The van der Waals surface area contributed by atoms with E-state index in [9.17, 15) is 26.9 Å². The lowest BCUT2D eigenvalue weighted by molar-refractivity contribution is -0.384. The Morgan fingerprint density at radius 3 is 1.92 bits per heavy atom. The Kier molecular flexibility index (Phi) is 5.78. The first-order valence-electron chi connectivity index (χ1n) is 7.32. The molecular weight excluding hydrogens is 382 g/mol. The van der Waals surface area contributed by atoms with Gasteiger partial charge in [0.25, 0.3) is 5.69 Å². The number of nitro groups is 1. The van der Waals surface area contributed by atoms with Crippen LogP contribution in [0.5, 0.6) is 0 Å². The highest BCUT2D eigenvalue weighted by Gasteiger charge is 2.34. The molecule has 0 aromatic heterocycles. The van der Waals surface area contributed by atoms with Crippen molar-refractivity contribution in [1.82, 2.24) is 0 Å². The third kappa shape index (κ3) is 3.92. The predicted molar refractivity (Wildman–Crippen MR) is 93.6 cm³/mol. The van der Waals surface area contributed by atoms with Crippen molar-refractivity contribution in [1.29, 1.82) is 0 Å². The van der Waals surface area contributed by atoms with E-state index in [-0.39, 0.29) is 17.2 Å². The molecule has 0 fully saturated rings. The zero-order valence-electron chi connectivity index (χ0n) is 13.6. The second-order valence-electron chi connectivity index (χ2n) is 4.96. The minimum absolute atomic E-state index is 0.0591. The number of nitro benzene ring substituents is 1. The molecule has 0 heterocycles. The minimum atomic E-state index is -4.50. The number of non-ortho nitro benzene ring substituents is 1. The van der Waals surface area contributed by atoms with Crippen LogP contribution in [0, 0.1) is 10.1 Å². The van der Waals surface area contributed by atoms with Crippen LogP contribution in [0.15, 0.2) is 74.9 Å². The van der Waals surface area contributed by atoms with Gasteiger partial charge in [-0.15, -0.1) is 0 Å². The van der Waals surface area contributed by atoms with Crippen molar-refractivity contribution < 1.29 is 26.5 Å². The molecule has 0 spiro atoms. The van der Waals surface area contributed by atoms with Crippen molar-refractivity contribution >= 4 is 25.4 Å². The van der Waals surface area contributed by atoms with Crippen molar-refractivity contribution in [2.24, 2.45) is 0 Å². The van der Waals surface area contributed by atoms with Crippen LogP contribution in [-0.2, 0) is 24.4 Å². The topological polar surface area (TPSA) is 121 Å². The Hall–Kier alpha value is -2.72. The molecule has 2 aromatic carbocycles. The summed E-state index contributed by atoms with van der Waals surface area (Å²) in [5, 5.41) is 10.7. The van der Waals surface area contributed by atoms with E-state index in [1.165, 1.54) is 24.3 Å². The molecule has 0 saturated heterocycles. The predicted octanol–water partition coefficient (Wildman–Crippen LogP) is 2.68. The van der Waals surface area contributed by atoms with Gasteiger partial charge in [-0.3, -0.25) is 10.1 Å². The van der Waals surface area contributed by atoms with Gasteiger partial charge in [0, 0.05) is 12.1 Å². The van der Waals surface area contributed by atoms with Crippen LogP contribution in [0.1, 0.15) is 6.92 Å². The van der Waals surface area contributed by atoms with Crippen molar-refractivity contribution in [3.05, 3.63) is 75.2 Å². The molecule has 0 N–H and O–H groups in total. The molecule has 0 unspecified atom stereocenters. The van der Waals surface area contributed by atoms with E-state index < -0.39 is 33.7 Å². The van der Waals surface area contributed by atoms with Crippen molar-refractivity contribution in [3.8, 4) is 0 Å². The van der Waals surface area contributed by atoms with Crippen molar-refractivity contribution in [3.63, 3.8) is 0 Å². The molecule has 2 aromatic rings. The van der Waals surface area contributed by atoms with Crippen LogP contribution in [-0.4, -0.2) is 28.4 Å². The number of rotatable bonds is 7. The van der Waals surface area contributed by atoms with Crippen LogP contribution in [0.4, 0.5) is 5.69 Å². The molecule has 0 aliphatic carbocycles. The van der Waals surface area contributed by atoms with E-state index in [0.29, 0.717) is 6.26 Å². The fraction of sp³-hybridized carbons (Fsp3) is 0.125. The summed E-state index contributed by atoms with van der Waals surface area (Å²) in [7, 11) is -8.89. The van der Waals surface area contributed by atoms with Crippen molar-refractivity contribution in [2.45, 2.75) is 16.7 Å². The summed E-state index contributed by atoms with van der Waals surface area (Å²) < 4.78 is 55.3. The number of benzene rings is 2. The third-order valence-electron chi connectivity index (χ3n) is 3.29. The number of ether oxygens (including phenoxy) is 1. The quantitative estimate of drug-likeness (QED) is 0.400. The van der Waals surface area contributed by atoms with E-state index in [1.54, 1.807) is 13.0 Å². The summed E-state index contributed by atoms with van der Waals surface area (Å²) in [5.41, 5.74) is -0.315. The fourth-order valence-electron chi connectivity index (χ4n) is 2.00. The van der Waals surface area contributed by atoms with Gasteiger partial charge in [0.15, 0.2) is 0 Å². The van der Waals surface area contributed by atoms with Gasteiger partial charge < -0.3 is 4.74 Å². The maximum Gasteiger partial charge on any atom is 0.269 e. The number of sulfone groups is 2. The van der Waals surface area contributed by atoms with Crippen LogP contribution in [0.2, 0.25) is 0 Å². The molecule has 8 nitrogen and oxygen atoms in total. The van der Waals surface area contributed by atoms with Gasteiger partial charge in [-0.25, -0.2) is 16.8 Å². The Morgan fingerprint density at radius 2 is 1.46 bits per heavy atom. The van der Waals surface area contributed by atoms with Gasteiger partial charge in [-0.05, 0) is 31.2 Å². The largest absolute Gasteiger partial charge is 0.499 e. The Labute approximate surface area is 150 Å². The lowest BCUT2D eigenvalue weighted by Crippen LogP contribution is -2.16. The molecule has 10 heteroatoms. The lowest BCUT2D eigenvalue weighted by Gasteiger charge is -2.11. The lowest BCUT2D eigenvalue weighted by atomic mass is 10.3. The van der Waals surface area contributed by atoms with Crippen LogP contribution >= 0.6 is 0 Å². The zero-order chi connectivity index (χ0) is 19.4. The molecule has 0 amide bonds. The summed E-state index contributed by atoms with van der Waals surface area (Å²) in [6.45, 7) is 1.63. The SMILES string of the molecule is CCOC=C(S(=O)(=O)c1ccccc1)S(=O)(=O)c1ccc([N+](=O)[O-])cc1. The van der Waals surface area contributed by atoms with Gasteiger partial charge >= 0.3 is 0 Å². The van der Waals surface area contributed by atoms with Crippen LogP contribution in [0.25, 0.3) is 0 Å². The molecular formula is C16H15NO7S2. The maximum atomic E-state index is 12.8. The summed E-state index contributed by atoms with van der Waals surface area (Å²) >= 11 is 0. The summed E-state index contributed by atoms with van der Waals surface area (Å²) in [5.74, 6) is 0. The highest BCUT2D eigenvalue weighted by molar-refractivity contribution is 8.14. The molecule has 0 radical (unpaired) electrons. The molecule has 26 heavy (non-hydrogen) atoms. The van der Waals surface area contributed by atoms with E-state index in [0.717, 1.165) is 24.3 Å². The highest BCUT2D eigenvalue weighted by atomic mass is 32.3. The number of nitrogens with zero attached hydrogens (tertiary/aromatic N) is 1. The first-order chi connectivity index (χ1) is 12.2. The second-order valence-corrected chi connectivity index (χ2v) is 9.06.